The van der Waals surface area contributed by atoms with Gasteiger partial charge in [-0.2, -0.15) is 5.10 Å². The highest BCUT2D eigenvalue weighted by atomic mass is 79.9. The quantitative estimate of drug-likeness (QED) is 0.286. The van der Waals surface area contributed by atoms with E-state index in [9.17, 15) is 14.0 Å². The van der Waals surface area contributed by atoms with Crippen LogP contribution in [-0.4, -0.2) is 32.7 Å². The van der Waals surface area contributed by atoms with Crippen LogP contribution in [0.4, 0.5) is 4.39 Å². The summed E-state index contributed by atoms with van der Waals surface area (Å²) in [5.41, 5.74) is 5.17. The summed E-state index contributed by atoms with van der Waals surface area (Å²) >= 11 is 3.57. The summed E-state index contributed by atoms with van der Waals surface area (Å²) in [6.45, 7) is 1.90. The van der Waals surface area contributed by atoms with Gasteiger partial charge < -0.3 is 5.11 Å². The van der Waals surface area contributed by atoms with Gasteiger partial charge in [-0.3, -0.25) is 14.6 Å². The second-order valence-electron chi connectivity index (χ2n) is 8.89. The first-order valence-corrected chi connectivity index (χ1v) is 12.6. The number of benzene rings is 3. The van der Waals surface area contributed by atoms with Gasteiger partial charge in [0.25, 0.3) is 0 Å². The van der Waals surface area contributed by atoms with Gasteiger partial charge in [0, 0.05) is 45.1 Å². The Bertz CT molecular complexity index is 1560. The number of pyridine rings is 1. The molecule has 0 spiro atoms. The molecule has 0 saturated heterocycles. The van der Waals surface area contributed by atoms with Crippen molar-refractivity contribution in [2.24, 2.45) is 5.10 Å². The van der Waals surface area contributed by atoms with Crippen LogP contribution in [0.1, 0.15) is 42.1 Å². The molecule has 3 aromatic carbocycles. The van der Waals surface area contributed by atoms with Gasteiger partial charge in [-0.25, -0.2) is 9.40 Å². The van der Waals surface area contributed by atoms with E-state index in [2.05, 4.69) is 15.9 Å². The number of carbonyl (C=O) groups excluding carboxylic acids is 1. The topological polar surface area (TPSA) is 82.9 Å². The molecule has 6 nitrogen and oxygen atoms in total. The number of carbonyl (C=O) groups is 2. The minimum Gasteiger partial charge on any atom is -0.481 e. The van der Waals surface area contributed by atoms with Crippen LogP contribution in [0.2, 0.25) is 0 Å². The van der Waals surface area contributed by atoms with E-state index < -0.39 is 23.7 Å². The van der Waals surface area contributed by atoms with E-state index in [0.717, 1.165) is 37.8 Å². The Morgan fingerprint density at radius 2 is 1.76 bits per heavy atom. The van der Waals surface area contributed by atoms with E-state index in [1.54, 1.807) is 18.2 Å². The predicted octanol–water partition coefficient (Wildman–Crippen LogP) is 6.65. The fourth-order valence-electron chi connectivity index (χ4n) is 4.82. The Morgan fingerprint density at radius 1 is 1.03 bits per heavy atom. The molecular weight excluding hydrogens is 537 g/mol. The molecule has 37 heavy (non-hydrogen) atoms. The Morgan fingerprint density at radius 3 is 2.49 bits per heavy atom. The van der Waals surface area contributed by atoms with E-state index in [1.807, 2.05) is 55.5 Å². The van der Waals surface area contributed by atoms with Crippen molar-refractivity contribution >= 4 is 44.4 Å². The normalized spacial score (nSPS) is 15.2. The summed E-state index contributed by atoms with van der Waals surface area (Å²) in [5, 5.41) is 16.0. The number of aliphatic carboxylic acids is 1. The molecule has 0 radical (unpaired) electrons. The van der Waals surface area contributed by atoms with Gasteiger partial charge in [-0.05, 0) is 36.8 Å². The van der Waals surface area contributed by atoms with E-state index in [4.69, 9.17) is 15.2 Å². The molecule has 1 atom stereocenters. The van der Waals surface area contributed by atoms with Gasteiger partial charge >= 0.3 is 5.97 Å². The van der Waals surface area contributed by atoms with Crippen LogP contribution in [-0.2, 0) is 9.59 Å². The maximum Gasteiger partial charge on any atom is 0.303 e. The van der Waals surface area contributed by atoms with Crippen molar-refractivity contribution < 1.29 is 19.1 Å². The molecule has 186 valence electrons. The number of rotatable bonds is 6. The fourth-order valence-corrected chi connectivity index (χ4v) is 5.18. The van der Waals surface area contributed by atoms with E-state index >= 15 is 0 Å². The number of nitrogens with zero attached hydrogens (tertiary/aromatic N) is 3. The number of aryl methyl sites for hydroxylation is 1. The zero-order valence-electron chi connectivity index (χ0n) is 20.0. The lowest BCUT2D eigenvalue weighted by Crippen LogP contribution is -2.28. The van der Waals surface area contributed by atoms with Gasteiger partial charge in [-0.15, -0.1) is 0 Å². The molecule has 1 aliphatic rings. The number of fused-ring (bicyclic) bond motifs is 1. The average Bonchev–Trinajstić information content (AvgIpc) is 3.32. The summed E-state index contributed by atoms with van der Waals surface area (Å²) in [4.78, 5) is 29.1. The standard InChI is InChI=1S/C29H23BrFN3O3/c1-17-28(29(18-7-3-2-4-8-18)21-15-19(30)11-12-23(21)32-17)24-16-25(20-9-5-6-10-22(20)31)34(33-24)26(35)13-14-27(36)37/h2-12,15,25H,13-14,16H2,1H3,(H,36,37)/t25-/m0/s1. The molecule has 0 saturated carbocycles. The van der Waals surface area contributed by atoms with Crippen molar-refractivity contribution in [2.45, 2.75) is 32.2 Å². The number of hydrazone groups is 1. The van der Waals surface area contributed by atoms with Crippen LogP contribution >= 0.6 is 15.9 Å². The van der Waals surface area contributed by atoms with Gasteiger partial charge in [0.15, 0.2) is 0 Å². The largest absolute Gasteiger partial charge is 0.481 e. The zero-order chi connectivity index (χ0) is 26.1. The van der Waals surface area contributed by atoms with Crippen LogP contribution in [0.15, 0.2) is 82.4 Å². The highest BCUT2D eigenvalue weighted by molar-refractivity contribution is 9.10. The maximum absolute atomic E-state index is 14.9. The molecule has 1 aliphatic heterocycles. The molecule has 1 aromatic heterocycles. The Hall–Kier alpha value is -3.91. The van der Waals surface area contributed by atoms with Gasteiger partial charge in [0.2, 0.25) is 5.91 Å². The minimum absolute atomic E-state index is 0.232. The Balaban J connectivity index is 1.70. The predicted molar refractivity (Wildman–Crippen MR) is 144 cm³/mol. The second-order valence-corrected chi connectivity index (χ2v) is 9.81. The molecule has 0 aliphatic carbocycles. The lowest BCUT2D eigenvalue weighted by atomic mass is 9.89. The second kappa shape index (κ2) is 10.2. The summed E-state index contributed by atoms with van der Waals surface area (Å²) < 4.78 is 15.8. The highest BCUT2D eigenvalue weighted by Gasteiger charge is 2.36. The van der Waals surface area contributed by atoms with Crippen molar-refractivity contribution in [1.82, 2.24) is 9.99 Å². The molecule has 0 unspecified atom stereocenters. The van der Waals surface area contributed by atoms with Crippen molar-refractivity contribution in [2.75, 3.05) is 0 Å². The number of carboxylic acids is 1. The lowest BCUT2D eigenvalue weighted by Gasteiger charge is -2.22. The van der Waals surface area contributed by atoms with Crippen molar-refractivity contribution in [3.63, 3.8) is 0 Å². The molecule has 8 heteroatoms. The van der Waals surface area contributed by atoms with Crippen molar-refractivity contribution in [3.05, 3.63) is 99.9 Å². The third-order valence-electron chi connectivity index (χ3n) is 6.46. The summed E-state index contributed by atoms with van der Waals surface area (Å²) in [6, 6.07) is 21.4. The maximum atomic E-state index is 14.9. The average molecular weight is 560 g/mol. The molecule has 4 aromatic rings. The molecule has 1 N–H and O–H groups in total. The molecule has 0 bridgehead atoms. The summed E-state index contributed by atoms with van der Waals surface area (Å²) in [5.74, 6) is -1.99. The first-order chi connectivity index (χ1) is 17.8. The summed E-state index contributed by atoms with van der Waals surface area (Å²) in [6.07, 6.45) is -0.295. The fraction of sp³-hybridized carbons (Fsp3) is 0.172. The lowest BCUT2D eigenvalue weighted by molar-refractivity contribution is -0.141. The summed E-state index contributed by atoms with van der Waals surface area (Å²) in [7, 11) is 0. The first kappa shape index (κ1) is 24.8. The van der Waals surface area contributed by atoms with Crippen LogP contribution < -0.4 is 0 Å². The minimum atomic E-state index is -1.08. The number of hydrogen-bond acceptors (Lipinski definition) is 4. The van der Waals surface area contributed by atoms with Gasteiger partial charge in [0.1, 0.15) is 5.82 Å². The van der Waals surface area contributed by atoms with E-state index in [1.165, 1.54) is 11.1 Å². The van der Waals surface area contributed by atoms with Crippen LogP contribution in [0.5, 0.6) is 0 Å². The number of carboxylic acid groups (broad SMARTS) is 1. The zero-order valence-corrected chi connectivity index (χ0v) is 21.6. The van der Waals surface area contributed by atoms with E-state index in [-0.39, 0.29) is 19.3 Å². The Kier molecular flexibility index (Phi) is 6.84. The third-order valence-corrected chi connectivity index (χ3v) is 6.96. The van der Waals surface area contributed by atoms with Crippen LogP contribution in [0.3, 0.4) is 0 Å². The SMILES string of the molecule is Cc1nc2ccc(Br)cc2c(-c2ccccc2)c1C1=NN(C(=O)CCC(=O)O)[C@H](c2ccccc2F)C1. The molecule has 5 rings (SSSR count). The van der Waals surface area contributed by atoms with Crippen LogP contribution in [0.25, 0.3) is 22.0 Å². The number of hydrogen-bond donors (Lipinski definition) is 1. The first-order valence-electron chi connectivity index (χ1n) is 11.8. The van der Waals surface area contributed by atoms with Crippen molar-refractivity contribution in [1.29, 1.82) is 0 Å². The van der Waals surface area contributed by atoms with Gasteiger partial charge in [-0.1, -0.05) is 64.5 Å². The Labute approximate surface area is 221 Å². The molecular formula is C29H23BrFN3O3. The monoisotopic (exact) mass is 559 g/mol. The van der Waals surface area contributed by atoms with E-state index in [0.29, 0.717) is 11.3 Å². The number of halogens is 2. The molecule has 0 fully saturated rings. The number of aromatic nitrogens is 1. The smallest absolute Gasteiger partial charge is 0.303 e. The number of amides is 1. The third kappa shape index (κ3) is 4.89. The highest BCUT2D eigenvalue weighted by Crippen LogP contribution is 2.40. The molecule has 1 amide bonds. The van der Waals surface area contributed by atoms with Gasteiger partial charge in [0.05, 0.1) is 23.7 Å². The molecule has 2 heterocycles. The van der Waals surface area contributed by atoms with Crippen LogP contribution in [0, 0.1) is 12.7 Å². The van der Waals surface area contributed by atoms with Crippen molar-refractivity contribution in [3.8, 4) is 11.1 Å².